The van der Waals surface area contributed by atoms with Crippen molar-refractivity contribution in [3.8, 4) is 11.5 Å². The number of hydrogen-bond donors (Lipinski definition) is 0. The number of ether oxygens (including phenoxy) is 1. The molecule has 3 nitrogen and oxygen atoms in total. The Bertz CT molecular complexity index is 838. The highest BCUT2D eigenvalue weighted by Gasteiger charge is 2.25. The summed E-state index contributed by atoms with van der Waals surface area (Å²) >= 11 is 0. The molecule has 0 spiro atoms. The number of carbonyl (C=O) groups is 1. The van der Waals surface area contributed by atoms with Crippen molar-refractivity contribution < 1.29 is 22.8 Å². The smallest absolute Gasteiger partial charge is 0.504 e. The van der Waals surface area contributed by atoms with Crippen molar-refractivity contribution in [2.45, 2.75) is 0 Å². The number of carbonyl (C=O) groups excluding carboxylic acids is 1. The third kappa shape index (κ3) is 3.31. The van der Waals surface area contributed by atoms with E-state index in [1.807, 2.05) is 0 Å². The molecule has 0 atom stereocenters. The number of esters is 1. The molecule has 0 aromatic heterocycles. The van der Waals surface area contributed by atoms with Gasteiger partial charge in [0.05, 0.1) is 0 Å². The topological polar surface area (TPSA) is 35.5 Å². The summed E-state index contributed by atoms with van der Waals surface area (Å²) in [5.41, 5.74) is -0.0483. The molecule has 0 radical (unpaired) electrons. The Balaban J connectivity index is 2.03. The predicted molar refractivity (Wildman–Crippen MR) is 83.9 cm³/mol. The zero-order chi connectivity index (χ0) is 16.2. The lowest BCUT2D eigenvalue weighted by Crippen LogP contribution is -2.15. The normalized spacial score (nSPS) is 10.3. The maximum absolute atomic E-state index is 12.7. The highest BCUT2D eigenvalue weighted by molar-refractivity contribution is 6.36. The Morgan fingerprint density at radius 3 is 2.30 bits per heavy atom. The van der Waals surface area contributed by atoms with Crippen LogP contribution in [0.3, 0.4) is 0 Å². The third-order valence-electron chi connectivity index (χ3n) is 3.26. The van der Waals surface area contributed by atoms with Crippen LogP contribution >= 0.6 is 0 Å². The summed E-state index contributed by atoms with van der Waals surface area (Å²) < 4.78 is 35.3. The molecule has 0 bridgehead atoms. The third-order valence-corrected chi connectivity index (χ3v) is 3.26. The van der Waals surface area contributed by atoms with Gasteiger partial charge in [0.25, 0.3) is 0 Å². The quantitative estimate of drug-likeness (QED) is 0.408. The van der Waals surface area contributed by atoms with Gasteiger partial charge in [-0.25, -0.2) is 13.4 Å². The summed E-state index contributed by atoms with van der Waals surface area (Å²) in [6.07, 6.45) is 0. The van der Waals surface area contributed by atoms with Gasteiger partial charge in [-0.15, -0.1) is 0 Å². The van der Waals surface area contributed by atoms with Gasteiger partial charge in [0.2, 0.25) is 0 Å². The standard InChI is InChI=1S/C17H11BF2O3/c19-18(20)23-16-14-9-5-4-6-12(14)10-11-15(16)17(21)22-13-7-2-1-3-8-13/h1-11H. The van der Waals surface area contributed by atoms with Gasteiger partial charge in [-0.05, 0) is 23.6 Å². The SMILES string of the molecule is O=C(Oc1ccccc1)c1ccc2ccccc2c1OB(F)F. The second-order valence-electron chi connectivity index (χ2n) is 4.74. The lowest BCUT2D eigenvalue weighted by Gasteiger charge is -2.12. The molecule has 0 aliphatic carbocycles. The molecule has 114 valence electrons. The van der Waals surface area contributed by atoms with Crippen LogP contribution in [0.15, 0.2) is 66.7 Å². The Morgan fingerprint density at radius 2 is 1.57 bits per heavy atom. The maximum atomic E-state index is 12.7. The van der Waals surface area contributed by atoms with Crippen LogP contribution in [-0.2, 0) is 0 Å². The minimum atomic E-state index is -3.04. The molecular formula is C17H11BF2O3. The van der Waals surface area contributed by atoms with Crippen LogP contribution in [0.2, 0.25) is 0 Å². The molecule has 0 N–H and O–H groups in total. The van der Waals surface area contributed by atoms with Crippen molar-refractivity contribution in [3.63, 3.8) is 0 Å². The van der Waals surface area contributed by atoms with Crippen molar-refractivity contribution in [2.24, 2.45) is 0 Å². The molecule has 0 fully saturated rings. The Labute approximate surface area is 131 Å². The van der Waals surface area contributed by atoms with Gasteiger partial charge in [-0.2, -0.15) is 0 Å². The van der Waals surface area contributed by atoms with Crippen molar-refractivity contribution >= 4 is 24.2 Å². The maximum Gasteiger partial charge on any atom is 0.796 e. The number of fused-ring (bicyclic) bond motifs is 1. The average Bonchev–Trinajstić information content (AvgIpc) is 2.55. The Morgan fingerprint density at radius 1 is 0.870 bits per heavy atom. The van der Waals surface area contributed by atoms with Crippen LogP contribution in [0.5, 0.6) is 11.5 Å². The highest BCUT2D eigenvalue weighted by Crippen LogP contribution is 2.31. The fraction of sp³-hybridized carbons (Fsp3) is 0. The van der Waals surface area contributed by atoms with Crippen molar-refractivity contribution in [1.82, 2.24) is 0 Å². The summed E-state index contributed by atoms with van der Waals surface area (Å²) in [7, 11) is -3.04. The van der Waals surface area contributed by atoms with Gasteiger partial charge in [-0.1, -0.05) is 48.5 Å². The first-order chi connectivity index (χ1) is 11.1. The van der Waals surface area contributed by atoms with Gasteiger partial charge in [-0.3, -0.25) is 0 Å². The molecule has 3 rings (SSSR count). The van der Waals surface area contributed by atoms with E-state index in [4.69, 9.17) is 4.74 Å². The fourth-order valence-corrected chi connectivity index (χ4v) is 2.27. The van der Waals surface area contributed by atoms with Crippen LogP contribution in [0, 0.1) is 0 Å². The minimum absolute atomic E-state index is 0.0483. The first-order valence-corrected chi connectivity index (χ1v) is 6.89. The Kier molecular flexibility index (Phi) is 4.23. The molecule has 0 heterocycles. The summed E-state index contributed by atoms with van der Waals surface area (Å²) in [6.45, 7) is 0. The van der Waals surface area contributed by atoms with Crippen LogP contribution in [-0.4, -0.2) is 13.4 Å². The number of halogens is 2. The van der Waals surface area contributed by atoms with E-state index in [1.54, 1.807) is 60.7 Å². The molecule has 0 saturated carbocycles. The molecule has 23 heavy (non-hydrogen) atoms. The summed E-state index contributed by atoms with van der Waals surface area (Å²) in [5, 5.41) is 1.12. The predicted octanol–water partition coefficient (Wildman–Crippen LogP) is 4.36. The molecule has 3 aromatic rings. The van der Waals surface area contributed by atoms with Gasteiger partial charge in [0.1, 0.15) is 17.1 Å². The first kappa shape index (κ1) is 15.0. The average molecular weight is 312 g/mol. The zero-order valence-electron chi connectivity index (χ0n) is 11.9. The van der Waals surface area contributed by atoms with Crippen LogP contribution in [0.4, 0.5) is 8.63 Å². The number of para-hydroxylation sites is 1. The van der Waals surface area contributed by atoms with Gasteiger partial charge in [0, 0.05) is 5.39 Å². The van der Waals surface area contributed by atoms with E-state index in [2.05, 4.69) is 4.65 Å². The zero-order valence-corrected chi connectivity index (χ0v) is 11.9. The molecule has 6 heteroatoms. The van der Waals surface area contributed by atoms with Crippen LogP contribution in [0.1, 0.15) is 10.4 Å². The van der Waals surface area contributed by atoms with E-state index in [1.165, 1.54) is 6.07 Å². The molecule has 0 unspecified atom stereocenters. The molecule has 0 saturated heterocycles. The highest BCUT2D eigenvalue weighted by atomic mass is 19.2. The van der Waals surface area contributed by atoms with Crippen molar-refractivity contribution in [3.05, 3.63) is 72.3 Å². The lowest BCUT2D eigenvalue weighted by molar-refractivity contribution is 0.0733. The number of rotatable bonds is 4. The second-order valence-corrected chi connectivity index (χ2v) is 4.74. The first-order valence-electron chi connectivity index (χ1n) is 6.89. The van der Waals surface area contributed by atoms with Crippen molar-refractivity contribution in [2.75, 3.05) is 0 Å². The van der Waals surface area contributed by atoms with E-state index in [0.29, 0.717) is 16.5 Å². The Hall–Kier alpha value is -2.89. The largest absolute Gasteiger partial charge is 0.796 e. The van der Waals surface area contributed by atoms with E-state index in [-0.39, 0.29) is 11.3 Å². The van der Waals surface area contributed by atoms with E-state index in [0.717, 1.165) is 0 Å². The van der Waals surface area contributed by atoms with Gasteiger partial charge >= 0.3 is 13.4 Å². The van der Waals surface area contributed by atoms with Gasteiger partial charge in [0.15, 0.2) is 0 Å². The van der Waals surface area contributed by atoms with Crippen LogP contribution < -0.4 is 9.39 Å². The number of benzene rings is 3. The summed E-state index contributed by atoms with van der Waals surface area (Å²) in [4.78, 5) is 12.3. The molecule has 0 aliphatic rings. The molecule has 0 aliphatic heterocycles. The van der Waals surface area contributed by atoms with E-state index >= 15 is 0 Å². The molecule has 0 amide bonds. The monoisotopic (exact) mass is 312 g/mol. The minimum Gasteiger partial charge on any atom is -0.504 e. The van der Waals surface area contributed by atoms with E-state index < -0.39 is 13.4 Å². The summed E-state index contributed by atoms with van der Waals surface area (Å²) in [5.74, 6) is -0.606. The number of hydrogen-bond acceptors (Lipinski definition) is 3. The van der Waals surface area contributed by atoms with Crippen molar-refractivity contribution in [1.29, 1.82) is 0 Å². The second kappa shape index (κ2) is 6.48. The van der Waals surface area contributed by atoms with Gasteiger partial charge < -0.3 is 9.39 Å². The summed E-state index contributed by atoms with van der Waals surface area (Å²) in [6, 6.07) is 18.3. The lowest BCUT2D eigenvalue weighted by atomic mass is 10.0. The molecule has 3 aromatic carbocycles. The van der Waals surface area contributed by atoms with Crippen LogP contribution in [0.25, 0.3) is 10.8 Å². The van der Waals surface area contributed by atoms with E-state index in [9.17, 15) is 13.4 Å². The fourth-order valence-electron chi connectivity index (χ4n) is 2.27. The molecular weight excluding hydrogens is 301 g/mol.